The molecule has 0 bridgehead atoms. The Kier molecular flexibility index (Phi) is 8.68. The topological polar surface area (TPSA) is 65.5 Å². The van der Waals surface area contributed by atoms with Crippen LogP contribution in [0.15, 0.2) is 35.3 Å². The zero-order valence-electron chi connectivity index (χ0n) is 13.0. The van der Waals surface area contributed by atoms with E-state index in [2.05, 4.69) is 27.9 Å². The van der Waals surface area contributed by atoms with Crippen LogP contribution in [0.4, 0.5) is 5.69 Å². The van der Waals surface area contributed by atoms with Crippen LogP contribution in [0.25, 0.3) is 0 Å². The molecule has 0 saturated carbocycles. The van der Waals surface area contributed by atoms with E-state index in [0.717, 1.165) is 25.2 Å². The summed E-state index contributed by atoms with van der Waals surface area (Å²) in [6.45, 7) is 5.94. The van der Waals surface area contributed by atoms with Crippen LogP contribution in [0.2, 0.25) is 0 Å². The number of amides is 1. The number of para-hydroxylation sites is 1. The number of aliphatic imine (C=N–C) groups is 1. The smallest absolute Gasteiger partial charge is 0.246 e. The second kappa shape index (κ2) is 10.7. The molecule has 0 fully saturated rings. The van der Waals surface area contributed by atoms with Crippen LogP contribution in [-0.2, 0) is 4.79 Å². The largest absolute Gasteiger partial charge is 0.357 e. The van der Waals surface area contributed by atoms with Crippen molar-refractivity contribution in [3.63, 3.8) is 0 Å². The summed E-state index contributed by atoms with van der Waals surface area (Å²) >= 11 is 0. The van der Waals surface area contributed by atoms with E-state index < -0.39 is 0 Å². The summed E-state index contributed by atoms with van der Waals surface area (Å²) < 4.78 is 0. The number of rotatable bonds is 8. The van der Waals surface area contributed by atoms with Crippen LogP contribution in [0.3, 0.4) is 0 Å². The molecule has 3 N–H and O–H groups in total. The summed E-state index contributed by atoms with van der Waals surface area (Å²) in [5.74, 6) is 0.573. The van der Waals surface area contributed by atoms with Crippen molar-refractivity contribution < 1.29 is 4.79 Å². The number of unbranched alkanes of at least 4 members (excludes halogenated alkanes) is 2. The van der Waals surface area contributed by atoms with Crippen LogP contribution in [0.5, 0.6) is 0 Å². The number of carbonyl (C=O) groups excluding carboxylic acids is 1. The normalized spacial score (nSPS) is 11.0. The SMILES string of the molecule is CCCCCNC(=NCC(=O)Nc1ccccc1)NCC. The van der Waals surface area contributed by atoms with Crippen molar-refractivity contribution >= 4 is 17.6 Å². The average Bonchev–Trinajstić information content (AvgIpc) is 2.50. The third kappa shape index (κ3) is 7.97. The molecule has 5 nitrogen and oxygen atoms in total. The molecule has 5 heteroatoms. The van der Waals surface area contributed by atoms with Gasteiger partial charge in [-0.3, -0.25) is 4.79 Å². The van der Waals surface area contributed by atoms with Gasteiger partial charge in [-0.1, -0.05) is 38.0 Å². The van der Waals surface area contributed by atoms with Gasteiger partial charge in [0, 0.05) is 18.8 Å². The molecule has 0 heterocycles. The number of hydrogen-bond acceptors (Lipinski definition) is 2. The summed E-state index contributed by atoms with van der Waals surface area (Å²) in [7, 11) is 0. The van der Waals surface area contributed by atoms with Crippen molar-refractivity contribution in [3.05, 3.63) is 30.3 Å². The van der Waals surface area contributed by atoms with Gasteiger partial charge >= 0.3 is 0 Å². The predicted octanol–water partition coefficient (Wildman–Crippen LogP) is 2.37. The van der Waals surface area contributed by atoms with Gasteiger partial charge in [0.1, 0.15) is 6.54 Å². The van der Waals surface area contributed by atoms with Crippen molar-refractivity contribution in [2.75, 3.05) is 25.0 Å². The Morgan fingerprint density at radius 3 is 2.52 bits per heavy atom. The summed E-state index contributed by atoms with van der Waals surface area (Å²) in [5.41, 5.74) is 0.790. The van der Waals surface area contributed by atoms with Gasteiger partial charge in [-0.05, 0) is 25.5 Å². The second-order valence-corrected chi connectivity index (χ2v) is 4.74. The summed E-state index contributed by atoms with van der Waals surface area (Å²) in [5, 5.41) is 9.19. The minimum absolute atomic E-state index is 0.109. The minimum atomic E-state index is -0.119. The number of anilines is 1. The first kappa shape index (κ1) is 17.0. The van der Waals surface area contributed by atoms with E-state index in [1.54, 1.807) is 0 Å². The molecule has 0 atom stereocenters. The maximum Gasteiger partial charge on any atom is 0.246 e. The van der Waals surface area contributed by atoms with Crippen LogP contribution < -0.4 is 16.0 Å². The number of guanidine groups is 1. The van der Waals surface area contributed by atoms with Crippen molar-refractivity contribution in [1.82, 2.24) is 10.6 Å². The van der Waals surface area contributed by atoms with Crippen molar-refractivity contribution in [2.24, 2.45) is 4.99 Å². The lowest BCUT2D eigenvalue weighted by atomic mass is 10.2. The molecule has 21 heavy (non-hydrogen) atoms. The Balaban J connectivity index is 2.39. The number of hydrogen-bond donors (Lipinski definition) is 3. The van der Waals surface area contributed by atoms with E-state index in [9.17, 15) is 4.79 Å². The van der Waals surface area contributed by atoms with Crippen LogP contribution >= 0.6 is 0 Å². The van der Waals surface area contributed by atoms with Crippen molar-refractivity contribution in [3.8, 4) is 0 Å². The van der Waals surface area contributed by atoms with E-state index in [1.807, 2.05) is 37.3 Å². The number of nitrogens with zero attached hydrogens (tertiary/aromatic N) is 1. The van der Waals surface area contributed by atoms with Gasteiger partial charge in [0.15, 0.2) is 5.96 Å². The molecule has 0 saturated heterocycles. The summed E-state index contributed by atoms with van der Waals surface area (Å²) in [6.07, 6.45) is 3.49. The third-order valence-electron chi connectivity index (χ3n) is 2.86. The zero-order valence-corrected chi connectivity index (χ0v) is 13.0. The molecule has 0 aliphatic heterocycles. The highest BCUT2D eigenvalue weighted by atomic mass is 16.1. The lowest BCUT2D eigenvalue weighted by Crippen LogP contribution is -2.38. The summed E-state index contributed by atoms with van der Waals surface area (Å²) in [4.78, 5) is 16.1. The first-order valence-corrected chi connectivity index (χ1v) is 7.63. The second-order valence-electron chi connectivity index (χ2n) is 4.74. The molecule has 0 unspecified atom stereocenters. The van der Waals surface area contributed by atoms with Gasteiger partial charge in [-0.15, -0.1) is 0 Å². The maximum atomic E-state index is 11.8. The molecule has 1 aromatic rings. The van der Waals surface area contributed by atoms with Gasteiger partial charge in [0.2, 0.25) is 5.91 Å². The van der Waals surface area contributed by atoms with Gasteiger partial charge in [0.25, 0.3) is 0 Å². The van der Waals surface area contributed by atoms with Crippen LogP contribution in [0, 0.1) is 0 Å². The molecule has 1 amide bonds. The van der Waals surface area contributed by atoms with Gasteiger partial charge in [-0.25, -0.2) is 4.99 Å². The zero-order chi connectivity index (χ0) is 15.3. The molecule has 116 valence electrons. The van der Waals surface area contributed by atoms with Gasteiger partial charge in [-0.2, -0.15) is 0 Å². The molecule has 0 aliphatic rings. The number of carbonyl (C=O) groups is 1. The minimum Gasteiger partial charge on any atom is -0.357 e. The van der Waals surface area contributed by atoms with E-state index in [4.69, 9.17) is 0 Å². The molecule has 0 aliphatic carbocycles. The van der Waals surface area contributed by atoms with Gasteiger partial charge < -0.3 is 16.0 Å². The van der Waals surface area contributed by atoms with Crippen LogP contribution in [-0.4, -0.2) is 31.5 Å². The Bertz CT molecular complexity index is 431. The third-order valence-corrected chi connectivity index (χ3v) is 2.86. The molecular weight excluding hydrogens is 264 g/mol. The first-order valence-electron chi connectivity index (χ1n) is 7.63. The quantitative estimate of drug-likeness (QED) is 0.391. The summed E-state index contributed by atoms with van der Waals surface area (Å²) in [6, 6.07) is 9.40. The molecule has 0 aromatic heterocycles. The van der Waals surface area contributed by atoms with Crippen molar-refractivity contribution in [2.45, 2.75) is 33.1 Å². The van der Waals surface area contributed by atoms with E-state index in [0.29, 0.717) is 5.96 Å². The Morgan fingerprint density at radius 1 is 1.10 bits per heavy atom. The highest BCUT2D eigenvalue weighted by Gasteiger charge is 2.02. The van der Waals surface area contributed by atoms with Crippen LogP contribution in [0.1, 0.15) is 33.1 Å². The molecule has 1 aromatic carbocycles. The Labute approximate surface area is 127 Å². The molecule has 0 radical (unpaired) electrons. The fourth-order valence-electron chi connectivity index (χ4n) is 1.80. The predicted molar refractivity (Wildman–Crippen MR) is 88.6 cm³/mol. The fourth-order valence-corrected chi connectivity index (χ4v) is 1.80. The first-order chi connectivity index (χ1) is 10.3. The number of nitrogens with one attached hydrogen (secondary N) is 3. The average molecular weight is 290 g/mol. The fraction of sp³-hybridized carbons (Fsp3) is 0.500. The highest BCUT2D eigenvalue weighted by Crippen LogP contribution is 2.04. The molecule has 0 spiro atoms. The standard InChI is InChI=1S/C16H26N4O/c1-3-5-9-12-18-16(17-4-2)19-13-15(21)20-14-10-7-6-8-11-14/h6-8,10-11H,3-5,9,12-13H2,1-2H3,(H,20,21)(H2,17,18,19). The van der Waals surface area contributed by atoms with E-state index >= 15 is 0 Å². The Morgan fingerprint density at radius 2 is 1.86 bits per heavy atom. The van der Waals surface area contributed by atoms with Gasteiger partial charge in [0.05, 0.1) is 0 Å². The lowest BCUT2D eigenvalue weighted by molar-refractivity contribution is -0.114. The van der Waals surface area contributed by atoms with E-state index in [-0.39, 0.29) is 12.5 Å². The lowest BCUT2D eigenvalue weighted by Gasteiger charge is -2.11. The van der Waals surface area contributed by atoms with E-state index in [1.165, 1.54) is 12.8 Å². The monoisotopic (exact) mass is 290 g/mol. The number of benzene rings is 1. The molecular formula is C16H26N4O. The highest BCUT2D eigenvalue weighted by molar-refractivity contribution is 5.94. The maximum absolute atomic E-state index is 11.8. The van der Waals surface area contributed by atoms with Crippen molar-refractivity contribution in [1.29, 1.82) is 0 Å². The Hall–Kier alpha value is -2.04. The molecule has 1 rings (SSSR count).